The molecular formula is C13H17BrN2O. The van der Waals surface area contributed by atoms with Gasteiger partial charge in [0.05, 0.1) is 5.54 Å². The molecule has 0 aromatic heterocycles. The first-order chi connectivity index (χ1) is 7.89. The molecule has 3 N–H and O–H groups in total. The summed E-state index contributed by atoms with van der Waals surface area (Å²) in [6.07, 6.45) is 2.11. The van der Waals surface area contributed by atoms with Crippen LogP contribution in [0.15, 0.2) is 22.7 Å². The highest BCUT2D eigenvalue weighted by Gasteiger charge is 2.44. The van der Waals surface area contributed by atoms with Crippen molar-refractivity contribution in [1.82, 2.24) is 0 Å². The minimum absolute atomic E-state index is 0.0995. The summed E-state index contributed by atoms with van der Waals surface area (Å²) in [5.74, 6) is 0.230. The fourth-order valence-corrected chi connectivity index (χ4v) is 2.55. The monoisotopic (exact) mass is 296 g/mol. The van der Waals surface area contributed by atoms with Gasteiger partial charge < -0.3 is 11.1 Å². The number of hydrogen-bond acceptors (Lipinski definition) is 2. The number of aryl methyl sites for hydroxylation is 1. The number of hydrogen-bond donors (Lipinski definition) is 2. The molecule has 1 aromatic carbocycles. The third-order valence-electron chi connectivity index (χ3n) is 3.21. The zero-order valence-electron chi connectivity index (χ0n) is 10.1. The first kappa shape index (κ1) is 12.6. The lowest BCUT2D eigenvalue weighted by molar-refractivity contribution is -0.121. The van der Waals surface area contributed by atoms with Crippen LogP contribution < -0.4 is 11.1 Å². The highest BCUT2D eigenvalue weighted by Crippen LogP contribution is 2.38. The van der Waals surface area contributed by atoms with E-state index in [0.29, 0.717) is 5.92 Å². The maximum atomic E-state index is 12.1. The van der Waals surface area contributed by atoms with Gasteiger partial charge in [-0.05, 0) is 56.4 Å². The molecule has 1 aromatic rings. The number of nitrogens with two attached hydrogens (primary N) is 1. The first-order valence-corrected chi connectivity index (χ1v) is 6.56. The molecule has 0 radical (unpaired) electrons. The van der Waals surface area contributed by atoms with E-state index in [2.05, 4.69) is 21.2 Å². The molecule has 0 saturated heterocycles. The molecule has 1 saturated carbocycles. The van der Waals surface area contributed by atoms with Crippen molar-refractivity contribution in [2.24, 2.45) is 11.7 Å². The Kier molecular flexibility index (Phi) is 3.27. The van der Waals surface area contributed by atoms with Gasteiger partial charge in [0.25, 0.3) is 0 Å². The van der Waals surface area contributed by atoms with Crippen LogP contribution in [0.25, 0.3) is 0 Å². The van der Waals surface area contributed by atoms with Crippen molar-refractivity contribution in [2.75, 3.05) is 5.32 Å². The standard InChI is InChI=1S/C13H17BrN2O/c1-8-5-10(14)7-11(6-8)16-12(17)13(2,15)9-3-4-9/h5-7,9H,3-4,15H2,1-2H3,(H,16,17). The van der Waals surface area contributed by atoms with Gasteiger partial charge in [0, 0.05) is 10.2 Å². The fraction of sp³-hybridized carbons (Fsp3) is 0.462. The van der Waals surface area contributed by atoms with Gasteiger partial charge in [0.15, 0.2) is 0 Å². The molecule has 2 rings (SSSR count). The lowest BCUT2D eigenvalue weighted by Crippen LogP contribution is -2.50. The van der Waals surface area contributed by atoms with Crippen molar-refractivity contribution >= 4 is 27.5 Å². The number of amides is 1. The average Bonchev–Trinajstić information content (AvgIpc) is 2.98. The zero-order valence-corrected chi connectivity index (χ0v) is 11.7. The summed E-state index contributed by atoms with van der Waals surface area (Å²) in [5, 5.41) is 2.89. The Hall–Kier alpha value is -0.870. The Bertz CT molecular complexity index is 432. The van der Waals surface area contributed by atoms with Gasteiger partial charge in [0.1, 0.15) is 0 Å². The van der Waals surface area contributed by atoms with Crippen molar-refractivity contribution < 1.29 is 4.79 Å². The quantitative estimate of drug-likeness (QED) is 0.901. The van der Waals surface area contributed by atoms with Crippen LogP contribution in [0.4, 0.5) is 5.69 Å². The molecule has 3 nitrogen and oxygen atoms in total. The van der Waals surface area contributed by atoms with Gasteiger partial charge >= 0.3 is 0 Å². The third-order valence-corrected chi connectivity index (χ3v) is 3.67. The maximum absolute atomic E-state index is 12.1. The van der Waals surface area contributed by atoms with Crippen LogP contribution in [0.1, 0.15) is 25.3 Å². The summed E-state index contributed by atoms with van der Waals surface area (Å²) in [7, 11) is 0. The minimum atomic E-state index is -0.754. The molecular weight excluding hydrogens is 280 g/mol. The average molecular weight is 297 g/mol. The lowest BCUT2D eigenvalue weighted by Gasteiger charge is -2.23. The number of benzene rings is 1. The Labute approximate surface area is 110 Å². The summed E-state index contributed by atoms with van der Waals surface area (Å²) >= 11 is 3.41. The number of anilines is 1. The van der Waals surface area contributed by atoms with Crippen LogP contribution in [0.3, 0.4) is 0 Å². The van der Waals surface area contributed by atoms with Crippen LogP contribution in [0, 0.1) is 12.8 Å². The van der Waals surface area contributed by atoms with Crippen molar-refractivity contribution in [3.05, 3.63) is 28.2 Å². The minimum Gasteiger partial charge on any atom is -0.324 e. The molecule has 1 aliphatic carbocycles. The summed E-state index contributed by atoms with van der Waals surface area (Å²) in [5.41, 5.74) is 7.20. The highest BCUT2D eigenvalue weighted by atomic mass is 79.9. The SMILES string of the molecule is Cc1cc(Br)cc(NC(=O)C(C)(N)C2CC2)c1. The highest BCUT2D eigenvalue weighted by molar-refractivity contribution is 9.10. The molecule has 0 bridgehead atoms. The van der Waals surface area contributed by atoms with E-state index in [-0.39, 0.29) is 5.91 Å². The van der Waals surface area contributed by atoms with Gasteiger partial charge in [0.2, 0.25) is 5.91 Å². The van der Waals surface area contributed by atoms with Crippen LogP contribution in [0.2, 0.25) is 0 Å². The van der Waals surface area contributed by atoms with Crippen LogP contribution in [0.5, 0.6) is 0 Å². The van der Waals surface area contributed by atoms with E-state index in [1.807, 2.05) is 32.0 Å². The summed E-state index contributed by atoms with van der Waals surface area (Å²) in [6.45, 7) is 3.80. The fourth-order valence-electron chi connectivity index (χ4n) is 1.94. The van der Waals surface area contributed by atoms with Crippen molar-refractivity contribution in [1.29, 1.82) is 0 Å². The van der Waals surface area contributed by atoms with Gasteiger partial charge in [-0.2, -0.15) is 0 Å². The van der Waals surface area contributed by atoms with Crippen molar-refractivity contribution in [3.63, 3.8) is 0 Å². The normalized spacial score (nSPS) is 18.6. The first-order valence-electron chi connectivity index (χ1n) is 5.77. The number of rotatable bonds is 3. The van der Waals surface area contributed by atoms with Gasteiger partial charge in [-0.1, -0.05) is 15.9 Å². The number of carbonyl (C=O) groups excluding carboxylic acids is 1. The lowest BCUT2D eigenvalue weighted by atomic mass is 9.96. The van der Waals surface area contributed by atoms with Crippen molar-refractivity contribution in [3.8, 4) is 0 Å². The van der Waals surface area contributed by atoms with E-state index in [9.17, 15) is 4.79 Å². The zero-order chi connectivity index (χ0) is 12.6. The van der Waals surface area contributed by atoms with E-state index in [4.69, 9.17) is 5.73 Å². The Morgan fingerprint density at radius 1 is 1.47 bits per heavy atom. The second-order valence-electron chi connectivity index (χ2n) is 5.03. The smallest absolute Gasteiger partial charge is 0.244 e. The molecule has 1 unspecified atom stereocenters. The summed E-state index contributed by atoms with van der Waals surface area (Å²) < 4.78 is 0.956. The van der Waals surface area contributed by atoms with Crippen LogP contribution >= 0.6 is 15.9 Å². The summed E-state index contributed by atoms with van der Waals surface area (Å²) in [4.78, 5) is 12.1. The number of nitrogens with one attached hydrogen (secondary N) is 1. The topological polar surface area (TPSA) is 55.1 Å². The predicted molar refractivity (Wildman–Crippen MR) is 72.8 cm³/mol. The maximum Gasteiger partial charge on any atom is 0.244 e. The van der Waals surface area contributed by atoms with E-state index in [1.165, 1.54) is 0 Å². The Balaban J connectivity index is 2.12. The molecule has 4 heteroatoms. The van der Waals surface area contributed by atoms with Gasteiger partial charge in [-0.25, -0.2) is 0 Å². The van der Waals surface area contributed by atoms with Crippen LogP contribution in [-0.4, -0.2) is 11.4 Å². The number of halogens is 1. The molecule has 17 heavy (non-hydrogen) atoms. The van der Waals surface area contributed by atoms with E-state index in [1.54, 1.807) is 0 Å². The largest absolute Gasteiger partial charge is 0.324 e. The number of carbonyl (C=O) groups is 1. The van der Waals surface area contributed by atoms with Gasteiger partial charge in [-0.15, -0.1) is 0 Å². The Morgan fingerprint density at radius 3 is 2.65 bits per heavy atom. The molecule has 0 spiro atoms. The predicted octanol–water partition coefficient (Wildman–Crippen LogP) is 2.82. The molecule has 1 atom stereocenters. The molecule has 1 fully saturated rings. The van der Waals surface area contributed by atoms with E-state index in [0.717, 1.165) is 28.6 Å². The van der Waals surface area contributed by atoms with Crippen LogP contribution in [-0.2, 0) is 4.79 Å². The molecule has 1 aliphatic rings. The molecule has 1 amide bonds. The van der Waals surface area contributed by atoms with E-state index >= 15 is 0 Å². The summed E-state index contributed by atoms with van der Waals surface area (Å²) in [6, 6.07) is 5.82. The van der Waals surface area contributed by atoms with Gasteiger partial charge in [-0.3, -0.25) is 4.79 Å². The van der Waals surface area contributed by atoms with E-state index < -0.39 is 5.54 Å². The van der Waals surface area contributed by atoms with Crippen molar-refractivity contribution in [2.45, 2.75) is 32.2 Å². The molecule has 0 aliphatic heterocycles. The Morgan fingerprint density at radius 2 is 2.12 bits per heavy atom. The third kappa shape index (κ3) is 2.87. The second-order valence-corrected chi connectivity index (χ2v) is 5.94. The molecule has 92 valence electrons. The molecule has 0 heterocycles. The second kappa shape index (κ2) is 4.42.